The molecule has 2 fully saturated rings. The van der Waals surface area contributed by atoms with Gasteiger partial charge in [0.15, 0.2) is 0 Å². The highest BCUT2D eigenvalue weighted by molar-refractivity contribution is 5.94. The number of rotatable bonds is 6. The van der Waals surface area contributed by atoms with Gasteiger partial charge in [-0.2, -0.15) is 20.3 Å². The van der Waals surface area contributed by atoms with Crippen molar-refractivity contribution in [3.05, 3.63) is 34.6 Å². The van der Waals surface area contributed by atoms with Gasteiger partial charge in [0.25, 0.3) is 0 Å². The summed E-state index contributed by atoms with van der Waals surface area (Å²) in [6.45, 7) is 8.85. The maximum absolute atomic E-state index is 14.0. The average Bonchev–Trinajstić information content (AvgIpc) is 3.52. The Morgan fingerprint density at radius 1 is 1.21 bits per heavy atom. The number of H-pyrrole nitrogens is 1. The Kier molecular flexibility index (Phi) is 6.99. The minimum Gasteiger partial charge on any atom is -0.462 e. The molecule has 0 aliphatic carbocycles. The van der Waals surface area contributed by atoms with Crippen molar-refractivity contribution in [1.29, 1.82) is 5.26 Å². The number of nitriles is 1. The Balaban J connectivity index is 1.34. The van der Waals surface area contributed by atoms with Crippen LogP contribution in [0.2, 0.25) is 0 Å². The number of nitrogens with zero attached hydrogens (tertiary/aromatic N) is 7. The van der Waals surface area contributed by atoms with Gasteiger partial charge < -0.3 is 19.9 Å². The monoisotopic (exact) mass is 533 g/mol. The van der Waals surface area contributed by atoms with Crippen LogP contribution in [0.5, 0.6) is 6.01 Å². The molecule has 0 amide bonds. The fraction of sp³-hybridized carbons (Fsp3) is 0.571. The zero-order valence-corrected chi connectivity index (χ0v) is 22.9. The van der Waals surface area contributed by atoms with Gasteiger partial charge in [-0.1, -0.05) is 0 Å². The first-order valence-corrected chi connectivity index (χ1v) is 13.8. The van der Waals surface area contributed by atoms with Crippen molar-refractivity contribution in [3.63, 3.8) is 0 Å². The Hall–Kier alpha value is -3.49. The van der Waals surface area contributed by atoms with E-state index in [9.17, 15) is 9.65 Å². The van der Waals surface area contributed by atoms with Gasteiger partial charge in [-0.25, -0.2) is 4.39 Å². The summed E-state index contributed by atoms with van der Waals surface area (Å²) in [5.74, 6) is 0.900. The fourth-order valence-electron chi connectivity index (χ4n) is 6.26. The van der Waals surface area contributed by atoms with E-state index in [2.05, 4.69) is 51.3 Å². The van der Waals surface area contributed by atoms with E-state index in [0.29, 0.717) is 45.1 Å². The van der Waals surface area contributed by atoms with Crippen molar-refractivity contribution < 1.29 is 9.13 Å². The first-order chi connectivity index (χ1) is 18.9. The number of anilines is 2. The Morgan fingerprint density at radius 3 is 2.87 bits per heavy atom. The van der Waals surface area contributed by atoms with E-state index in [1.165, 1.54) is 16.8 Å². The number of aromatic nitrogens is 4. The molecule has 5 heterocycles. The summed E-state index contributed by atoms with van der Waals surface area (Å²) in [7, 11) is 1.93. The highest BCUT2D eigenvalue weighted by Gasteiger charge is 2.32. The second-order valence-electron chi connectivity index (χ2n) is 11.1. The summed E-state index contributed by atoms with van der Waals surface area (Å²) in [5, 5.41) is 21.2. The van der Waals surface area contributed by atoms with Crippen LogP contribution in [0, 0.1) is 25.2 Å². The largest absolute Gasteiger partial charge is 0.462 e. The normalized spacial score (nSPS) is 23.7. The zero-order valence-electron chi connectivity index (χ0n) is 22.9. The summed E-state index contributed by atoms with van der Waals surface area (Å²) >= 11 is 0. The molecule has 10 nitrogen and oxygen atoms in total. The number of hydrogen-bond donors (Lipinski definition) is 2. The summed E-state index contributed by atoms with van der Waals surface area (Å²) in [6.07, 6.45) is 2.79. The third kappa shape index (κ3) is 4.99. The van der Waals surface area contributed by atoms with E-state index in [4.69, 9.17) is 14.7 Å². The number of nitrogens with one attached hydrogen (secondary N) is 2. The molecule has 0 saturated carbocycles. The first-order valence-electron chi connectivity index (χ1n) is 13.8. The number of benzene rings is 1. The smallest absolute Gasteiger partial charge is 0.318 e. The molecule has 2 N–H and O–H groups in total. The summed E-state index contributed by atoms with van der Waals surface area (Å²) in [5.41, 5.74) is 6.78. The van der Waals surface area contributed by atoms with Crippen LogP contribution in [-0.4, -0.2) is 89.7 Å². The maximum Gasteiger partial charge on any atom is 0.318 e. The SMILES string of the molecule is Cc1cc2[nH]ncc2c(N2CCc3c(nc(OC[C@@H]4C[C@@H](F)CN4C)nc3N3CCNC(CC#N)C3)C2)c1C. The Morgan fingerprint density at radius 2 is 2.08 bits per heavy atom. The predicted molar refractivity (Wildman–Crippen MR) is 148 cm³/mol. The molecule has 11 heteroatoms. The van der Waals surface area contributed by atoms with E-state index in [-0.39, 0.29) is 12.1 Å². The van der Waals surface area contributed by atoms with Gasteiger partial charge in [0.2, 0.25) is 0 Å². The standard InChI is InChI=1S/C28H36FN9O/c1-17-10-24-23(12-32-35-24)26(18(17)2)37-8-5-22-25(15-37)33-28(39-16-21-11-19(29)13-36(21)3)34-27(22)38-9-7-31-20(14-38)4-6-30/h10,12,19-21,31H,4-5,7-9,11,13-16H2,1-3H3,(H,32,35)/t19-,20?,21+/m1/s1. The number of hydrogen-bond acceptors (Lipinski definition) is 9. The van der Waals surface area contributed by atoms with Crippen molar-refractivity contribution in [3.8, 4) is 12.1 Å². The molecule has 39 heavy (non-hydrogen) atoms. The molecule has 0 radical (unpaired) electrons. The molecule has 6 rings (SSSR count). The van der Waals surface area contributed by atoms with Gasteiger partial charge in [-0.05, 0) is 50.9 Å². The summed E-state index contributed by atoms with van der Waals surface area (Å²) in [6, 6.07) is 4.88. The first kappa shape index (κ1) is 25.8. The molecule has 2 saturated heterocycles. The molecule has 3 aliphatic rings. The van der Waals surface area contributed by atoms with Crippen LogP contribution >= 0.6 is 0 Å². The molecule has 0 spiro atoms. The number of fused-ring (bicyclic) bond motifs is 2. The number of likely N-dealkylation sites (tertiary alicyclic amines) is 1. The van der Waals surface area contributed by atoms with E-state index in [0.717, 1.165) is 54.0 Å². The highest BCUT2D eigenvalue weighted by atomic mass is 19.1. The number of aromatic amines is 1. The minimum absolute atomic E-state index is 0.00287. The topological polar surface area (TPSA) is 109 Å². The fourth-order valence-corrected chi connectivity index (χ4v) is 6.26. The molecule has 0 bridgehead atoms. The second kappa shape index (κ2) is 10.6. The van der Waals surface area contributed by atoms with Gasteiger partial charge in [0.1, 0.15) is 18.6 Å². The van der Waals surface area contributed by atoms with Crippen molar-refractivity contribution >= 4 is 22.4 Å². The van der Waals surface area contributed by atoms with Crippen LogP contribution < -0.4 is 19.9 Å². The number of alkyl halides is 1. The van der Waals surface area contributed by atoms with Crippen molar-refractivity contribution in [2.75, 3.05) is 56.2 Å². The lowest BCUT2D eigenvalue weighted by molar-refractivity contribution is 0.187. The van der Waals surface area contributed by atoms with Crippen LogP contribution in [-0.2, 0) is 13.0 Å². The number of aryl methyl sites for hydroxylation is 1. The molecule has 3 aromatic rings. The lowest BCUT2D eigenvalue weighted by Crippen LogP contribution is -2.51. The van der Waals surface area contributed by atoms with Crippen molar-refractivity contribution in [2.45, 2.75) is 57.9 Å². The molecule has 1 unspecified atom stereocenters. The third-order valence-corrected chi connectivity index (χ3v) is 8.51. The predicted octanol–water partition coefficient (Wildman–Crippen LogP) is 2.65. The maximum atomic E-state index is 14.0. The third-order valence-electron chi connectivity index (χ3n) is 8.51. The van der Waals surface area contributed by atoms with E-state index in [1.54, 1.807) is 0 Å². The lowest BCUT2D eigenvalue weighted by atomic mass is 9.99. The number of halogens is 1. The minimum atomic E-state index is -0.826. The van der Waals surface area contributed by atoms with Crippen LogP contribution in [0.25, 0.3) is 10.9 Å². The van der Waals surface area contributed by atoms with Crippen LogP contribution in [0.1, 0.15) is 35.2 Å². The molecule has 3 aliphatic heterocycles. The van der Waals surface area contributed by atoms with Gasteiger partial charge in [0.05, 0.1) is 42.1 Å². The quantitative estimate of drug-likeness (QED) is 0.494. The number of piperazine rings is 1. The molecule has 2 aromatic heterocycles. The highest BCUT2D eigenvalue weighted by Crippen LogP contribution is 2.37. The van der Waals surface area contributed by atoms with Gasteiger partial charge >= 0.3 is 6.01 Å². The van der Waals surface area contributed by atoms with Gasteiger partial charge in [-0.15, -0.1) is 0 Å². The average molecular weight is 534 g/mol. The van der Waals surface area contributed by atoms with Crippen LogP contribution in [0.15, 0.2) is 12.3 Å². The van der Waals surface area contributed by atoms with Gasteiger partial charge in [0, 0.05) is 55.8 Å². The summed E-state index contributed by atoms with van der Waals surface area (Å²) in [4.78, 5) is 16.5. The van der Waals surface area contributed by atoms with E-state index >= 15 is 0 Å². The van der Waals surface area contributed by atoms with Crippen LogP contribution in [0.4, 0.5) is 15.9 Å². The molecule has 1 aromatic carbocycles. The van der Waals surface area contributed by atoms with Gasteiger partial charge in [-0.3, -0.25) is 10.00 Å². The Labute approximate surface area is 228 Å². The van der Waals surface area contributed by atoms with Crippen molar-refractivity contribution in [1.82, 2.24) is 30.4 Å². The zero-order chi connectivity index (χ0) is 27.1. The Bertz CT molecular complexity index is 1400. The molecule has 3 atom stereocenters. The van der Waals surface area contributed by atoms with Crippen LogP contribution in [0.3, 0.4) is 0 Å². The van der Waals surface area contributed by atoms with E-state index in [1.807, 2.05) is 18.1 Å². The number of ether oxygens (including phenoxy) is 1. The molecule has 206 valence electrons. The molecular formula is C28H36FN9O. The van der Waals surface area contributed by atoms with Crippen molar-refractivity contribution in [2.24, 2.45) is 0 Å². The number of likely N-dealkylation sites (N-methyl/N-ethyl adjacent to an activating group) is 1. The second-order valence-corrected chi connectivity index (χ2v) is 11.1. The summed E-state index contributed by atoms with van der Waals surface area (Å²) < 4.78 is 20.1. The molecular weight excluding hydrogens is 497 g/mol. The lowest BCUT2D eigenvalue weighted by Gasteiger charge is -2.37. The van der Waals surface area contributed by atoms with E-state index < -0.39 is 6.17 Å².